The molecular formula is C30H37F5N6O2. The molecule has 1 aromatic carbocycles. The third-order valence-corrected chi connectivity index (χ3v) is 10.0. The molecule has 5 aliphatic rings. The van der Waals surface area contributed by atoms with Crippen LogP contribution in [0.15, 0.2) is 6.07 Å². The molecule has 5 aliphatic heterocycles. The quantitative estimate of drug-likeness (QED) is 0.376. The fraction of sp³-hybridized carbons (Fsp3) is 0.667. The lowest BCUT2D eigenvalue weighted by Crippen LogP contribution is -2.43. The average Bonchev–Trinajstić information content (AvgIpc) is 3.58. The first-order chi connectivity index (χ1) is 20.5. The topological polar surface area (TPSA) is 88.8 Å². The minimum Gasteiger partial charge on any atom is -0.461 e. The van der Waals surface area contributed by atoms with Gasteiger partial charge in [-0.05, 0) is 57.2 Å². The van der Waals surface area contributed by atoms with Gasteiger partial charge >= 0.3 is 12.2 Å². The van der Waals surface area contributed by atoms with Crippen molar-refractivity contribution in [3.63, 3.8) is 0 Å². The summed E-state index contributed by atoms with van der Waals surface area (Å²) in [6.07, 6.45) is -1.82. The van der Waals surface area contributed by atoms with Gasteiger partial charge < -0.3 is 25.4 Å². The number of anilines is 2. The Balaban J connectivity index is 1.25. The molecule has 0 aliphatic carbocycles. The number of hydrogen-bond acceptors (Lipinski definition) is 8. The van der Waals surface area contributed by atoms with Crippen molar-refractivity contribution in [2.24, 2.45) is 0 Å². The zero-order chi connectivity index (χ0) is 30.1. The Morgan fingerprint density at radius 1 is 1.16 bits per heavy atom. The number of aryl methyl sites for hydroxylation is 1. The predicted octanol–water partition coefficient (Wildman–Crippen LogP) is 4.63. The number of nitrogens with one attached hydrogen (secondary N) is 1. The van der Waals surface area contributed by atoms with Crippen LogP contribution in [-0.4, -0.2) is 71.4 Å². The van der Waals surface area contributed by atoms with E-state index >= 15 is 4.39 Å². The molecule has 234 valence electrons. The second-order valence-electron chi connectivity index (χ2n) is 12.9. The highest BCUT2D eigenvalue weighted by molar-refractivity contribution is 5.55. The van der Waals surface area contributed by atoms with Gasteiger partial charge in [-0.25, -0.2) is 8.78 Å². The predicted molar refractivity (Wildman–Crippen MR) is 149 cm³/mol. The number of alkyl halides is 4. The fourth-order valence-corrected chi connectivity index (χ4v) is 8.05. The zero-order valence-electron chi connectivity index (χ0n) is 24.2. The summed E-state index contributed by atoms with van der Waals surface area (Å²) in [5.74, 6) is -0.502. The van der Waals surface area contributed by atoms with Gasteiger partial charge in [0.25, 0.3) is 0 Å². The first kappa shape index (κ1) is 29.0. The van der Waals surface area contributed by atoms with Crippen molar-refractivity contribution in [3.8, 4) is 6.01 Å². The first-order valence-corrected chi connectivity index (χ1v) is 15.2. The minimum atomic E-state index is -4.80. The number of rotatable bonds is 5. The fourth-order valence-electron chi connectivity index (χ4n) is 8.05. The van der Waals surface area contributed by atoms with Gasteiger partial charge in [0, 0.05) is 55.7 Å². The molecule has 0 amide bonds. The highest BCUT2D eigenvalue weighted by Crippen LogP contribution is 2.45. The number of benzene rings is 1. The van der Waals surface area contributed by atoms with E-state index in [4.69, 9.17) is 20.2 Å². The summed E-state index contributed by atoms with van der Waals surface area (Å²) in [6.45, 7) is 4.06. The molecule has 43 heavy (non-hydrogen) atoms. The zero-order valence-corrected chi connectivity index (χ0v) is 24.2. The monoisotopic (exact) mass is 608 g/mol. The lowest BCUT2D eigenvalue weighted by atomic mass is 9.91. The Hall–Kier alpha value is -2.77. The number of nitrogens with two attached hydrogens (primary N) is 1. The van der Waals surface area contributed by atoms with Crippen molar-refractivity contribution in [2.75, 3.05) is 43.4 Å². The van der Waals surface area contributed by atoms with Crippen LogP contribution in [0.1, 0.15) is 72.6 Å². The molecule has 2 aromatic rings. The molecule has 3 N–H and O–H groups in total. The molecule has 2 bridgehead atoms. The maximum Gasteiger partial charge on any atom is 0.417 e. The number of halogens is 5. The molecule has 0 radical (unpaired) electrons. The molecule has 2 unspecified atom stereocenters. The van der Waals surface area contributed by atoms with Crippen LogP contribution in [0.5, 0.6) is 6.01 Å². The largest absolute Gasteiger partial charge is 0.461 e. The summed E-state index contributed by atoms with van der Waals surface area (Å²) in [4.78, 5) is 13.8. The second kappa shape index (κ2) is 10.7. The third kappa shape index (κ3) is 5.20. The molecule has 1 aromatic heterocycles. The third-order valence-electron chi connectivity index (χ3n) is 10.0. The number of hydrogen-bond donors (Lipinski definition) is 2. The van der Waals surface area contributed by atoms with Crippen molar-refractivity contribution in [2.45, 2.75) is 94.6 Å². The van der Waals surface area contributed by atoms with Gasteiger partial charge in [0.2, 0.25) is 0 Å². The molecule has 4 fully saturated rings. The van der Waals surface area contributed by atoms with E-state index in [1.54, 1.807) is 0 Å². The van der Waals surface area contributed by atoms with Crippen LogP contribution in [0.2, 0.25) is 0 Å². The Morgan fingerprint density at radius 2 is 1.98 bits per heavy atom. The molecule has 5 atom stereocenters. The van der Waals surface area contributed by atoms with Gasteiger partial charge in [-0.15, -0.1) is 0 Å². The summed E-state index contributed by atoms with van der Waals surface area (Å²) >= 11 is 0. The first-order valence-electron chi connectivity index (χ1n) is 15.2. The Morgan fingerprint density at radius 3 is 2.79 bits per heavy atom. The minimum absolute atomic E-state index is 0.0839. The second-order valence-corrected chi connectivity index (χ2v) is 12.9. The number of nitrogens with zero attached hydrogens (tertiary/aromatic N) is 4. The van der Waals surface area contributed by atoms with E-state index in [1.165, 1.54) is 6.92 Å². The summed E-state index contributed by atoms with van der Waals surface area (Å²) in [5.41, 5.74) is 4.29. The van der Waals surface area contributed by atoms with E-state index < -0.39 is 40.9 Å². The molecule has 4 saturated heterocycles. The van der Waals surface area contributed by atoms with E-state index in [-0.39, 0.29) is 36.9 Å². The SMILES string of the molecule is Cc1cc(N)c(F)c([C@@H]2Cc3nc(OC[C@@]45CCCN4C[C@H](F)C5)nc(N4CCC5CCC(C4)N5)c3CO2)c1C(F)(F)F. The molecule has 8 nitrogen and oxygen atoms in total. The van der Waals surface area contributed by atoms with Gasteiger partial charge in [0.05, 0.1) is 35.2 Å². The van der Waals surface area contributed by atoms with Crippen LogP contribution < -0.4 is 20.7 Å². The van der Waals surface area contributed by atoms with E-state index in [0.717, 1.165) is 51.3 Å². The Bertz CT molecular complexity index is 1410. The molecular weight excluding hydrogens is 571 g/mol. The standard InChI is InChI=1S/C30H37F5N6O2/c1-16-9-21(36)26(32)24(25(16)30(33,34)35)23-10-22-20(14-42-23)27(40-8-5-18-3-4-19(13-40)37-18)39-28(38-22)43-15-29-6-2-7-41(29)12-17(31)11-29/h9,17-19,23,37H,2-8,10-15,36H2,1H3/t17-,18?,19?,23+,29+/m1/s1. The van der Waals surface area contributed by atoms with E-state index in [1.807, 2.05) is 0 Å². The lowest BCUT2D eigenvalue weighted by molar-refractivity contribution is -0.140. The van der Waals surface area contributed by atoms with Gasteiger partial charge in [-0.3, -0.25) is 4.90 Å². The van der Waals surface area contributed by atoms with Crippen LogP contribution in [0.3, 0.4) is 0 Å². The van der Waals surface area contributed by atoms with E-state index in [0.29, 0.717) is 48.7 Å². The maximum atomic E-state index is 15.3. The van der Waals surface area contributed by atoms with Gasteiger partial charge in [-0.2, -0.15) is 23.1 Å². The van der Waals surface area contributed by atoms with Crippen LogP contribution >= 0.6 is 0 Å². The lowest BCUT2D eigenvalue weighted by Gasteiger charge is -2.34. The molecule has 6 heterocycles. The molecule has 7 rings (SSSR count). The summed E-state index contributed by atoms with van der Waals surface area (Å²) < 4.78 is 84.5. The summed E-state index contributed by atoms with van der Waals surface area (Å²) in [6, 6.07) is 1.83. The molecule has 13 heteroatoms. The highest BCUT2D eigenvalue weighted by Gasteiger charge is 2.49. The van der Waals surface area contributed by atoms with Crippen molar-refractivity contribution < 1.29 is 31.4 Å². The maximum absolute atomic E-state index is 15.3. The number of nitrogen functional groups attached to an aromatic ring is 1. The van der Waals surface area contributed by atoms with Crippen LogP contribution in [0.25, 0.3) is 0 Å². The van der Waals surface area contributed by atoms with Crippen LogP contribution in [0, 0.1) is 12.7 Å². The smallest absolute Gasteiger partial charge is 0.417 e. The van der Waals surface area contributed by atoms with Crippen molar-refractivity contribution in [1.82, 2.24) is 20.2 Å². The van der Waals surface area contributed by atoms with Gasteiger partial charge in [0.1, 0.15) is 18.6 Å². The van der Waals surface area contributed by atoms with Gasteiger partial charge in [0.15, 0.2) is 5.82 Å². The Kier molecular flexibility index (Phi) is 7.20. The summed E-state index contributed by atoms with van der Waals surface area (Å²) in [7, 11) is 0. The number of fused-ring (bicyclic) bond motifs is 4. The van der Waals surface area contributed by atoms with E-state index in [2.05, 4.69) is 20.1 Å². The van der Waals surface area contributed by atoms with E-state index in [9.17, 15) is 17.6 Å². The van der Waals surface area contributed by atoms with Crippen LogP contribution in [-0.2, 0) is 23.9 Å². The number of ether oxygens (including phenoxy) is 2. The number of aromatic nitrogens is 2. The van der Waals surface area contributed by atoms with Crippen LogP contribution in [0.4, 0.5) is 33.5 Å². The van der Waals surface area contributed by atoms with Crippen molar-refractivity contribution in [1.29, 1.82) is 0 Å². The molecule has 0 spiro atoms. The van der Waals surface area contributed by atoms with Gasteiger partial charge in [-0.1, -0.05) is 0 Å². The Labute approximate surface area is 247 Å². The van der Waals surface area contributed by atoms with Crippen molar-refractivity contribution in [3.05, 3.63) is 39.8 Å². The highest BCUT2D eigenvalue weighted by atomic mass is 19.4. The molecule has 0 saturated carbocycles. The average molecular weight is 609 g/mol. The van der Waals surface area contributed by atoms with Crippen molar-refractivity contribution >= 4 is 11.5 Å². The summed E-state index contributed by atoms with van der Waals surface area (Å²) in [5, 5.41) is 3.65. The normalized spacial score (nSPS) is 30.8.